The summed E-state index contributed by atoms with van der Waals surface area (Å²) in [5, 5.41) is -0.355. The van der Waals surface area contributed by atoms with E-state index in [2.05, 4.69) is 0 Å². The van der Waals surface area contributed by atoms with E-state index in [0.29, 0.717) is 11.1 Å². The Morgan fingerprint density at radius 2 is 0.776 bits per heavy atom. The molecule has 4 heteroatoms. The molecule has 2 aromatic heterocycles. The molecule has 0 aliphatic rings. The van der Waals surface area contributed by atoms with E-state index in [1.165, 1.54) is 0 Å². The smallest absolute Gasteiger partial charge is 0.167 e. The first-order chi connectivity index (χ1) is 28.8. The molecule has 9 aromatic rings. The molecule has 0 N–H and O–H groups in total. The van der Waals surface area contributed by atoms with Crippen LogP contribution in [-0.4, -0.2) is 15.0 Å². The Labute approximate surface area is 299 Å². The quantitative estimate of drug-likeness (QED) is 0.182. The van der Waals surface area contributed by atoms with E-state index in [1.54, 1.807) is 0 Å². The first-order valence-corrected chi connectivity index (χ1v) is 15.5. The molecule has 0 aliphatic heterocycles. The van der Waals surface area contributed by atoms with E-state index in [0.717, 1.165) is 22.3 Å². The number of furan rings is 1. The maximum atomic E-state index is 9.21. The third-order valence-corrected chi connectivity index (χ3v) is 8.22. The zero-order chi connectivity index (χ0) is 42.1. The molecule has 0 spiro atoms. The van der Waals surface area contributed by atoms with Crippen molar-refractivity contribution >= 4 is 21.9 Å². The van der Waals surface area contributed by atoms with Gasteiger partial charge >= 0.3 is 0 Å². The molecule has 4 nitrogen and oxygen atoms in total. The lowest BCUT2D eigenvalue weighted by atomic mass is 10.0. The molecule has 0 amide bonds. The van der Waals surface area contributed by atoms with E-state index in [9.17, 15) is 1.37 Å². The van der Waals surface area contributed by atoms with Gasteiger partial charge in [0, 0.05) is 27.5 Å². The molecule has 0 saturated heterocycles. The number of nitrogens with zero attached hydrogens (tertiary/aromatic N) is 3. The van der Waals surface area contributed by atoms with Crippen LogP contribution in [0.25, 0.3) is 89.5 Å². The zero-order valence-electron chi connectivity index (χ0n) is 36.6. The van der Waals surface area contributed by atoms with Gasteiger partial charge < -0.3 is 4.42 Å². The summed E-state index contributed by atoms with van der Waals surface area (Å²) in [5.41, 5.74) is 3.65. The number of para-hydroxylation sites is 2. The van der Waals surface area contributed by atoms with E-state index >= 15 is 0 Å². The summed E-state index contributed by atoms with van der Waals surface area (Å²) in [4.78, 5) is 14.5. The largest absolute Gasteiger partial charge is 0.455 e. The third-order valence-electron chi connectivity index (χ3n) is 8.22. The van der Waals surface area contributed by atoms with Gasteiger partial charge in [-0.25, -0.2) is 15.0 Å². The summed E-state index contributed by atoms with van der Waals surface area (Å²) >= 11 is 0. The molecule has 0 saturated carbocycles. The fraction of sp³-hybridized carbons (Fsp3) is 0. The Bertz CT molecular complexity index is 3060. The summed E-state index contributed by atoms with van der Waals surface area (Å²) < 4.78 is 102. The lowest BCUT2D eigenvalue weighted by Crippen LogP contribution is -2.00. The van der Waals surface area contributed by atoms with Crippen molar-refractivity contribution in [3.63, 3.8) is 0 Å². The SMILES string of the molecule is [2H]c1c([2H])c([2H])c(-c2c([2H])c([2H])c([2H])c3c2oc2c(-c4nc(-c5ccc(-c6ccccc6)cc5)nc(-c5ccc(-c6ccccc6)cc5)n4)c([2H])c([2H])c([2H])c23)c([2H])c1[2H]. The first kappa shape index (κ1) is 19.2. The second-order valence-electron chi connectivity index (χ2n) is 11.2. The second-order valence-corrected chi connectivity index (χ2v) is 11.2. The number of aromatic nitrogens is 3. The molecule has 9 rings (SSSR count). The predicted octanol–water partition coefficient (Wildman–Crippen LogP) is 11.8. The van der Waals surface area contributed by atoms with Crippen LogP contribution in [-0.2, 0) is 0 Å². The highest BCUT2D eigenvalue weighted by Crippen LogP contribution is 2.40. The minimum atomic E-state index is -0.682. The summed E-state index contributed by atoms with van der Waals surface area (Å²) in [5.74, 6) is 0.328. The third kappa shape index (κ3) is 5.35. The van der Waals surface area contributed by atoms with Gasteiger partial charge in [0.15, 0.2) is 17.5 Å². The highest BCUT2D eigenvalue weighted by molar-refractivity contribution is 6.12. The van der Waals surface area contributed by atoms with Crippen LogP contribution < -0.4 is 0 Å². The van der Waals surface area contributed by atoms with E-state index < -0.39 is 72.0 Å². The zero-order valence-corrected chi connectivity index (χ0v) is 25.6. The van der Waals surface area contributed by atoms with Crippen molar-refractivity contribution in [2.75, 3.05) is 0 Å². The summed E-state index contributed by atoms with van der Waals surface area (Å²) in [7, 11) is 0. The van der Waals surface area contributed by atoms with Gasteiger partial charge in [0.2, 0.25) is 0 Å². The van der Waals surface area contributed by atoms with Gasteiger partial charge in [-0.1, -0.05) is 170 Å². The molecule has 2 heterocycles. The predicted molar refractivity (Wildman–Crippen MR) is 200 cm³/mol. The van der Waals surface area contributed by atoms with Crippen molar-refractivity contribution in [1.82, 2.24) is 15.0 Å². The molecular formula is C45H29N3O. The van der Waals surface area contributed by atoms with Crippen molar-refractivity contribution in [1.29, 1.82) is 0 Å². The molecule has 0 radical (unpaired) electrons. The van der Waals surface area contributed by atoms with Gasteiger partial charge in [-0.3, -0.25) is 0 Å². The molecule has 0 bridgehead atoms. The minimum Gasteiger partial charge on any atom is -0.455 e. The maximum Gasteiger partial charge on any atom is 0.167 e. The topological polar surface area (TPSA) is 51.8 Å². The normalized spacial score (nSPS) is 14.4. The molecule has 230 valence electrons. The Morgan fingerprint density at radius 1 is 0.347 bits per heavy atom. The Morgan fingerprint density at radius 3 is 1.31 bits per heavy atom. The maximum absolute atomic E-state index is 9.21. The van der Waals surface area contributed by atoms with E-state index in [4.69, 9.17) is 33.1 Å². The summed E-state index contributed by atoms with van der Waals surface area (Å²) in [6.45, 7) is 0. The lowest BCUT2D eigenvalue weighted by molar-refractivity contribution is 0.670. The number of rotatable bonds is 6. The molecule has 49 heavy (non-hydrogen) atoms. The highest BCUT2D eigenvalue weighted by atomic mass is 16.3. The monoisotopic (exact) mass is 638 g/mol. The summed E-state index contributed by atoms with van der Waals surface area (Å²) in [6, 6.07) is 28.0. The van der Waals surface area contributed by atoms with Gasteiger partial charge in [-0.2, -0.15) is 0 Å². The van der Waals surface area contributed by atoms with Crippen LogP contribution in [0.5, 0.6) is 0 Å². The van der Waals surface area contributed by atoms with Crippen molar-refractivity contribution in [3.8, 4) is 67.5 Å². The fourth-order valence-corrected chi connectivity index (χ4v) is 5.79. The van der Waals surface area contributed by atoms with Crippen LogP contribution in [0.15, 0.2) is 180 Å². The van der Waals surface area contributed by atoms with Gasteiger partial charge in [0.25, 0.3) is 0 Å². The van der Waals surface area contributed by atoms with Crippen LogP contribution in [0.4, 0.5) is 0 Å². The van der Waals surface area contributed by atoms with Gasteiger partial charge in [0.05, 0.1) is 20.6 Å². The number of fused-ring (bicyclic) bond motifs is 3. The van der Waals surface area contributed by atoms with Crippen LogP contribution in [0.3, 0.4) is 0 Å². The van der Waals surface area contributed by atoms with E-state index in [1.807, 2.05) is 109 Å². The molecule has 0 fully saturated rings. The Kier molecular flexibility index (Phi) is 4.78. The number of hydrogen-bond donors (Lipinski definition) is 0. The van der Waals surface area contributed by atoms with Crippen molar-refractivity contribution < 1.29 is 19.5 Å². The fourth-order valence-electron chi connectivity index (χ4n) is 5.79. The van der Waals surface area contributed by atoms with Gasteiger partial charge in [0.1, 0.15) is 11.2 Å². The van der Waals surface area contributed by atoms with Crippen molar-refractivity contribution in [3.05, 3.63) is 176 Å². The average molecular weight is 639 g/mol. The highest BCUT2D eigenvalue weighted by Gasteiger charge is 2.19. The van der Waals surface area contributed by atoms with Crippen molar-refractivity contribution in [2.24, 2.45) is 0 Å². The summed E-state index contributed by atoms with van der Waals surface area (Å²) in [6.07, 6.45) is 0. The standard InChI is InChI=1S/C45H29N3O/c1-4-12-30(13-5-1)32-22-26-35(27-23-32)43-46-44(36-28-24-33(25-29-36)31-14-6-2-7-15-31)48-45(47-43)40-21-11-20-39-38-19-10-18-37(41(38)49-42(39)40)34-16-8-3-9-17-34/h1-29H/i3D,8D,9D,10D,11D,16D,17D,18D,19D,20D,21D. The molecule has 0 atom stereocenters. The van der Waals surface area contributed by atoms with E-state index in [-0.39, 0.29) is 50.5 Å². The van der Waals surface area contributed by atoms with Crippen molar-refractivity contribution in [2.45, 2.75) is 0 Å². The van der Waals surface area contributed by atoms with Crippen LogP contribution >= 0.6 is 0 Å². The van der Waals surface area contributed by atoms with Gasteiger partial charge in [-0.05, 0) is 33.9 Å². The molecule has 0 aliphatic carbocycles. The second kappa shape index (κ2) is 12.2. The number of hydrogen-bond acceptors (Lipinski definition) is 4. The Balaban J connectivity index is 1.33. The molecular weight excluding hydrogens is 599 g/mol. The van der Waals surface area contributed by atoms with Crippen LogP contribution in [0.2, 0.25) is 0 Å². The lowest BCUT2D eigenvalue weighted by Gasteiger charge is -2.10. The van der Waals surface area contributed by atoms with Crippen LogP contribution in [0.1, 0.15) is 15.1 Å². The van der Waals surface area contributed by atoms with Gasteiger partial charge in [-0.15, -0.1) is 0 Å². The molecule has 7 aromatic carbocycles. The average Bonchev–Trinajstić information content (AvgIpc) is 3.68. The van der Waals surface area contributed by atoms with Crippen LogP contribution in [0, 0.1) is 0 Å². The minimum absolute atomic E-state index is 0.107. The Hall–Kier alpha value is -6.65. The first-order valence-electron chi connectivity index (χ1n) is 21.0. The molecule has 0 unspecified atom stereocenters. The number of benzene rings is 7.